The first kappa shape index (κ1) is 25.6. The van der Waals surface area contributed by atoms with Crippen molar-refractivity contribution in [1.82, 2.24) is 10.6 Å². The lowest BCUT2D eigenvalue weighted by Gasteiger charge is -2.38. The van der Waals surface area contributed by atoms with Crippen LogP contribution in [0.15, 0.2) is 12.7 Å². The highest BCUT2D eigenvalue weighted by molar-refractivity contribution is 5.92. The number of carbonyl (C=O) groups is 1. The van der Waals surface area contributed by atoms with Gasteiger partial charge in [0, 0.05) is 18.7 Å². The van der Waals surface area contributed by atoms with Crippen molar-refractivity contribution in [2.24, 2.45) is 11.5 Å². The van der Waals surface area contributed by atoms with Gasteiger partial charge in [-0.3, -0.25) is 10.2 Å². The molecule has 0 rings (SSSR count). The highest BCUT2D eigenvalue weighted by Crippen LogP contribution is 2.20. The van der Waals surface area contributed by atoms with E-state index in [2.05, 4.69) is 31.1 Å². The minimum Gasteiger partial charge on any atom is -0.375 e. The summed E-state index contributed by atoms with van der Waals surface area (Å²) in [4.78, 5) is 12.8. The minimum atomic E-state index is -0.743. The summed E-state index contributed by atoms with van der Waals surface area (Å²) >= 11 is 0. The Kier molecular flexibility index (Phi) is 10.2. The van der Waals surface area contributed by atoms with Crippen molar-refractivity contribution >= 4 is 11.7 Å². The largest absolute Gasteiger partial charge is 0.375 e. The number of ketones is 1. The second-order valence-electron chi connectivity index (χ2n) is 8.94. The maximum atomic E-state index is 12.8. The van der Waals surface area contributed by atoms with E-state index in [1.165, 1.54) is 0 Å². The van der Waals surface area contributed by atoms with Crippen LogP contribution in [0.25, 0.3) is 0 Å². The second-order valence-corrected chi connectivity index (χ2v) is 8.94. The minimum absolute atomic E-state index is 0.0219. The summed E-state index contributed by atoms with van der Waals surface area (Å²) in [6.07, 6.45) is 4.64. The lowest BCUT2D eigenvalue weighted by Crippen LogP contribution is -2.60. The summed E-state index contributed by atoms with van der Waals surface area (Å²) in [6.45, 7) is 16.8. The zero-order valence-corrected chi connectivity index (χ0v) is 18.1. The Morgan fingerprint density at radius 3 is 2.37 bits per heavy atom. The van der Waals surface area contributed by atoms with Crippen LogP contribution in [0.1, 0.15) is 67.2 Å². The fourth-order valence-corrected chi connectivity index (χ4v) is 3.10. The van der Waals surface area contributed by atoms with Crippen molar-refractivity contribution in [3.05, 3.63) is 12.7 Å². The van der Waals surface area contributed by atoms with Gasteiger partial charge in [-0.15, -0.1) is 6.58 Å². The van der Waals surface area contributed by atoms with E-state index in [4.69, 9.17) is 21.6 Å². The number of guanidine groups is 1. The fraction of sp³-hybridized carbons (Fsp3) is 0.800. The quantitative estimate of drug-likeness (QED) is 0.135. The molecule has 0 fully saturated rings. The fourth-order valence-electron chi connectivity index (χ4n) is 3.10. The van der Waals surface area contributed by atoms with Crippen LogP contribution >= 0.6 is 0 Å². The van der Waals surface area contributed by atoms with Crippen molar-refractivity contribution in [3.8, 4) is 0 Å². The first-order chi connectivity index (χ1) is 12.2. The lowest BCUT2D eigenvalue weighted by molar-refractivity contribution is -0.126. The molecule has 0 aromatic carbocycles. The van der Waals surface area contributed by atoms with E-state index in [1.54, 1.807) is 0 Å². The van der Waals surface area contributed by atoms with Crippen molar-refractivity contribution in [1.29, 1.82) is 5.41 Å². The number of nitrogens with one attached hydrogen (secondary N) is 3. The predicted octanol–water partition coefficient (Wildman–Crippen LogP) is 2.05. The Bertz CT molecular complexity index is 501. The number of nitrogens with two attached hydrogens (primary N) is 2. The zero-order chi connectivity index (χ0) is 21.3. The van der Waals surface area contributed by atoms with Crippen LogP contribution in [0.4, 0.5) is 0 Å². The van der Waals surface area contributed by atoms with Gasteiger partial charge in [-0.1, -0.05) is 6.08 Å². The van der Waals surface area contributed by atoms with E-state index in [9.17, 15) is 4.79 Å². The number of ether oxygens (including phenoxy) is 1. The third-order valence-electron chi connectivity index (χ3n) is 4.47. The van der Waals surface area contributed by atoms with Gasteiger partial charge in [-0.2, -0.15) is 0 Å². The van der Waals surface area contributed by atoms with Crippen LogP contribution in [0.5, 0.6) is 0 Å². The highest BCUT2D eigenvalue weighted by atomic mass is 16.5. The summed E-state index contributed by atoms with van der Waals surface area (Å²) in [5, 5.41) is 13.3. The van der Waals surface area contributed by atoms with Crippen LogP contribution in [-0.2, 0) is 9.53 Å². The van der Waals surface area contributed by atoms with Gasteiger partial charge in [0.15, 0.2) is 11.7 Å². The topological polar surface area (TPSA) is 126 Å². The van der Waals surface area contributed by atoms with Crippen molar-refractivity contribution < 1.29 is 9.53 Å². The van der Waals surface area contributed by atoms with Gasteiger partial charge in [0.1, 0.15) is 0 Å². The Morgan fingerprint density at radius 1 is 1.26 bits per heavy atom. The molecule has 0 saturated heterocycles. The summed E-state index contributed by atoms with van der Waals surface area (Å²) in [6, 6.07) is -0.556. The van der Waals surface area contributed by atoms with Gasteiger partial charge in [0.25, 0.3) is 0 Å². The molecule has 0 bridgehead atoms. The monoisotopic (exact) mass is 383 g/mol. The average Bonchev–Trinajstić information content (AvgIpc) is 2.48. The van der Waals surface area contributed by atoms with E-state index in [-0.39, 0.29) is 22.9 Å². The third kappa shape index (κ3) is 11.1. The van der Waals surface area contributed by atoms with Crippen molar-refractivity contribution in [2.45, 2.75) is 89.9 Å². The Balaban J connectivity index is 4.55. The highest BCUT2D eigenvalue weighted by Gasteiger charge is 2.36. The predicted molar refractivity (Wildman–Crippen MR) is 113 cm³/mol. The molecule has 7 N–H and O–H groups in total. The molecule has 7 nitrogen and oxygen atoms in total. The van der Waals surface area contributed by atoms with E-state index >= 15 is 0 Å². The lowest BCUT2D eigenvalue weighted by atomic mass is 9.87. The molecule has 0 saturated carbocycles. The van der Waals surface area contributed by atoms with Gasteiger partial charge in [0.2, 0.25) is 0 Å². The van der Waals surface area contributed by atoms with Gasteiger partial charge in [0.05, 0.1) is 17.2 Å². The molecule has 0 spiro atoms. The number of hydrogen-bond donors (Lipinski definition) is 5. The normalized spacial score (nSPS) is 13.9. The molecule has 0 aromatic heterocycles. The average molecular weight is 384 g/mol. The number of hydrogen-bond acceptors (Lipinski definition) is 5. The molecule has 7 heteroatoms. The Hall–Kier alpha value is -1.44. The van der Waals surface area contributed by atoms with Crippen LogP contribution in [0.3, 0.4) is 0 Å². The molecule has 0 heterocycles. The van der Waals surface area contributed by atoms with Crippen LogP contribution in [0, 0.1) is 5.41 Å². The SMILES string of the molecule is C=CCC(C)(C)OCCC(C)(C)NC(C)(C)C(=O)C(N)CCCNC(=N)N. The molecule has 1 atom stereocenters. The molecule has 0 aliphatic heterocycles. The van der Waals surface area contributed by atoms with E-state index in [1.807, 2.05) is 33.8 Å². The smallest absolute Gasteiger partial charge is 0.185 e. The van der Waals surface area contributed by atoms with Crippen molar-refractivity contribution in [3.63, 3.8) is 0 Å². The Labute approximate surface area is 165 Å². The van der Waals surface area contributed by atoms with E-state index in [0.717, 1.165) is 12.8 Å². The Morgan fingerprint density at radius 2 is 1.85 bits per heavy atom. The summed E-state index contributed by atoms with van der Waals surface area (Å²) in [7, 11) is 0. The second kappa shape index (κ2) is 10.8. The molecular formula is C20H41N5O2. The van der Waals surface area contributed by atoms with Gasteiger partial charge in [-0.25, -0.2) is 0 Å². The molecule has 27 heavy (non-hydrogen) atoms. The number of Topliss-reactive ketones (excluding diaryl/α,β-unsaturated/α-hetero) is 1. The van der Waals surface area contributed by atoms with Crippen molar-refractivity contribution in [2.75, 3.05) is 13.2 Å². The zero-order valence-electron chi connectivity index (χ0n) is 18.1. The summed E-state index contributed by atoms with van der Waals surface area (Å²) < 4.78 is 5.96. The summed E-state index contributed by atoms with van der Waals surface area (Å²) in [5.41, 5.74) is 10.1. The summed E-state index contributed by atoms with van der Waals surface area (Å²) in [5.74, 6) is -0.0940. The number of carbonyl (C=O) groups excluding carboxylic acids is 1. The molecule has 0 aliphatic carbocycles. The number of rotatable bonds is 14. The standard InChI is InChI=1S/C20H41N5O2/c1-8-11-19(4,5)27-14-12-18(2,3)25-20(6,7)16(26)15(21)10-9-13-24-17(22)23/h8,15,25H,1,9-14,21H2,2-7H3,(H4,22,23,24). The third-order valence-corrected chi connectivity index (χ3v) is 4.47. The molecule has 0 radical (unpaired) electrons. The first-order valence-corrected chi connectivity index (χ1v) is 9.64. The van der Waals surface area contributed by atoms with Gasteiger partial charge in [-0.05, 0) is 67.2 Å². The maximum absolute atomic E-state index is 12.8. The first-order valence-electron chi connectivity index (χ1n) is 9.64. The molecule has 0 amide bonds. The molecule has 1 unspecified atom stereocenters. The molecular weight excluding hydrogens is 342 g/mol. The van der Waals surface area contributed by atoms with Crippen LogP contribution < -0.4 is 22.1 Å². The molecule has 0 aliphatic rings. The van der Waals surface area contributed by atoms with Crippen LogP contribution in [-0.4, -0.2) is 47.6 Å². The van der Waals surface area contributed by atoms with E-state index in [0.29, 0.717) is 26.0 Å². The van der Waals surface area contributed by atoms with E-state index < -0.39 is 11.6 Å². The molecule has 158 valence electrons. The molecule has 0 aromatic rings. The van der Waals surface area contributed by atoms with Gasteiger partial charge < -0.3 is 26.8 Å². The van der Waals surface area contributed by atoms with Gasteiger partial charge >= 0.3 is 0 Å². The van der Waals surface area contributed by atoms with Crippen LogP contribution in [0.2, 0.25) is 0 Å². The maximum Gasteiger partial charge on any atom is 0.185 e.